The van der Waals surface area contributed by atoms with Crippen LogP contribution in [0.25, 0.3) is 0 Å². The number of benzene rings is 1. The highest BCUT2D eigenvalue weighted by Gasteiger charge is 2.28. The van der Waals surface area contributed by atoms with Crippen LogP contribution in [0.2, 0.25) is 0 Å². The zero-order chi connectivity index (χ0) is 16.0. The molecule has 0 bridgehead atoms. The second-order valence-corrected chi connectivity index (χ2v) is 6.17. The van der Waals surface area contributed by atoms with Crippen molar-refractivity contribution in [2.45, 2.75) is 51.8 Å². The number of hydrogen-bond donors (Lipinski definition) is 2. The lowest BCUT2D eigenvalue weighted by atomic mass is 9.94. The fraction of sp³-hybridized carbons (Fsp3) is 0.647. The van der Waals surface area contributed by atoms with E-state index < -0.39 is 5.60 Å². The third-order valence-corrected chi connectivity index (χ3v) is 3.70. The summed E-state index contributed by atoms with van der Waals surface area (Å²) in [6.07, 6.45) is 0.879. The standard InChI is InChI=1S/C17H30N2O2/c1-6-15(18)16(19(7-2)12-17(3,4)20)13-9-8-10-14(11-13)21-5/h8-11,15-16,20H,6-7,12,18H2,1-5H3. The van der Waals surface area contributed by atoms with Gasteiger partial charge in [0.05, 0.1) is 18.8 Å². The molecule has 1 aromatic rings. The number of nitrogens with zero attached hydrogens (tertiary/aromatic N) is 1. The summed E-state index contributed by atoms with van der Waals surface area (Å²) in [6.45, 7) is 9.27. The van der Waals surface area contributed by atoms with Gasteiger partial charge in [0.15, 0.2) is 0 Å². The van der Waals surface area contributed by atoms with Crippen LogP contribution in [0, 0.1) is 0 Å². The lowest BCUT2D eigenvalue weighted by Gasteiger charge is -2.38. The third kappa shape index (κ3) is 5.30. The zero-order valence-corrected chi connectivity index (χ0v) is 14.0. The van der Waals surface area contributed by atoms with E-state index in [-0.39, 0.29) is 12.1 Å². The number of rotatable bonds is 8. The molecular formula is C17H30N2O2. The van der Waals surface area contributed by atoms with Crippen molar-refractivity contribution < 1.29 is 9.84 Å². The monoisotopic (exact) mass is 294 g/mol. The van der Waals surface area contributed by atoms with E-state index in [9.17, 15) is 5.11 Å². The number of methoxy groups -OCH3 is 1. The summed E-state index contributed by atoms with van der Waals surface area (Å²) in [5.74, 6) is 0.833. The van der Waals surface area contributed by atoms with Crippen molar-refractivity contribution in [1.82, 2.24) is 4.90 Å². The van der Waals surface area contributed by atoms with Crippen LogP contribution in [0.5, 0.6) is 5.75 Å². The number of aliphatic hydroxyl groups is 1. The van der Waals surface area contributed by atoms with E-state index in [0.29, 0.717) is 6.54 Å². The maximum Gasteiger partial charge on any atom is 0.119 e. The largest absolute Gasteiger partial charge is 0.497 e. The molecule has 2 atom stereocenters. The molecule has 0 heterocycles. The van der Waals surface area contributed by atoms with Crippen LogP contribution in [-0.4, -0.2) is 41.8 Å². The molecule has 1 rings (SSSR count). The molecular weight excluding hydrogens is 264 g/mol. The van der Waals surface area contributed by atoms with Crippen molar-refractivity contribution in [3.63, 3.8) is 0 Å². The van der Waals surface area contributed by atoms with Gasteiger partial charge in [-0.05, 0) is 44.5 Å². The predicted octanol–water partition coefficient (Wildman–Crippen LogP) is 2.57. The average Bonchev–Trinajstić information content (AvgIpc) is 2.45. The highest BCUT2D eigenvalue weighted by Crippen LogP contribution is 2.29. The van der Waals surface area contributed by atoms with E-state index in [1.165, 1.54) is 0 Å². The summed E-state index contributed by atoms with van der Waals surface area (Å²) in [5, 5.41) is 10.2. The summed E-state index contributed by atoms with van der Waals surface area (Å²) in [4.78, 5) is 2.24. The van der Waals surface area contributed by atoms with Gasteiger partial charge in [-0.2, -0.15) is 0 Å². The molecule has 0 aromatic heterocycles. The highest BCUT2D eigenvalue weighted by molar-refractivity contribution is 5.31. The Morgan fingerprint density at radius 3 is 2.48 bits per heavy atom. The molecule has 0 aliphatic heterocycles. The number of hydrogen-bond acceptors (Lipinski definition) is 4. The van der Waals surface area contributed by atoms with E-state index in [4.69, 9.17) is 10.5 Å². The predicted molar refractivity (Wildman–Crippen MR) is 87.5 cm³/mol. The Morgan fingerprint density at radius 2 is 2.00 bits per heavy atom. The van der Waals surface area contributed by atoms with Crippen molar-refractivity contribution in [1.29, 1.82) is 0 Å². The van der Waals surface area contributed by atoms with E-state index >= 15 is 0 Å². The second kappa shape index (κ2) is 7.78. The van der Waals surface area contributed by atoms with Crippen LogP contribution < -0.4 is 10.5 Å². The first-order valence-corrected chi connectivity index (χ1v) is 7.68. The molecule has 120 valence electrons. The smallest absolute Gasteiger partial charge is 0.119 e. The summed E-state index contributed by atoms with van der Waals surface area (Å²) < 4.78 is 5.32. The molecule has 0 saturated carbocycles. The lowest BCUT2D eigenvalue weighted by molar-refractivity contribution is 0.0174. The second-order valence-electron chi connectivity index (χ2n) is 6.17. The van der Waals surface area contributed by atoms with Crippen molar-refractivity contribution in [3.05, 3.63) is 29.8 Å². The minimum absolute atomic E-state index is 0.0133. The van der Waals surface area contributed by atoms with Gasteiger partial charge < -0.3 is 15.6 Å². The maximum atomic E-state index is 10.2. The first-order chi connectivity index (χ1) is 9.82. The lowest BCUT2D eigenvalue weighted by Crippen LogP contribution is -2.46. The van der Waals surface area contributed by atoms with E-state index in [1.54, 1.807) is 7.11 Å². The summed E-state index contributed by atoms with van der Waals surface area (Å²) >= 11 is 0. The summed E-state index contributed by atoms with van der Waals surface area (Å²) in [7, 11) is 1.67. The van der Waals surface area contributed by atoms with E-state index in [0.717, 1.165) is 24.3 Å². The van der Waals surface area contributed by atoms with Gasteiger partial charge in [0.1, 0.15) is 5.75 Å². The zero-order valence-electron chi connectivity index (χ0n) is 14.0. The Morgan fingerprint density at radius 1 is 1.33 bits per heavy atom. The molecule has 1 aromatic carbocycles. The maximum absolute atomic E-state index is 10.2. The van der Waals surface area contributed by atoms with Crippen LogP contribution in [0.3, 0.4) is 0 Å². The molecule has 4 nitrogen and oxygen atoms in total. The van der Waals surface area contributed by atoms with Gasteiger partial charge in [-0.3, -0.25) is 4.90 Å². The minimum Gasteiger partial charge on any atom is -0.497 e. The third-order valence-electron chi connectivity index (χ3n) is 3.70. The molecule has 0 aliphatic carbocycles. The van der Waals surface area contributed by atoms with Crippen LogP contribution in [-0.2, 0) is 0 Å². The average molecular weight is 294 g/mol. The Labute approximate surface area is 128 Å². The summed E-state index contributed by atoms with van der Waals surface area (Å²) in [5.41, 5.74) is 6.76. The topological polar surface area (TPSA) is 58.7 Å². The molecule has 4 heteroatoms. The highest BCUT2D eigenvalue weighted by atomic mass is 16.5. The first kappa shape index (κ1) is 18.0. The van der Waals surface area contributed by atoms with Crippen molar-refractivity contribution in [3.8, 4) is 5.75 Å². The number of likely N-dealkylation sites (N-methyl/N-ethyl adjacent to an activating group) is 1. The normalized spacial score (nSPS) is 15.0. The molecule has 21 heavy (non-hydrogen) atoms. The van der Waals surface area contributed by atoms with E-state index in [2.05, 4.69) is 24.8 Å². The van der Waals surface area contributed by atoms with Gasteiger partial charge in [-0.15, -0.1) is 0 Å². The SMILES string of the molecule is CCC(N)C(c1cccc(OC)c1)N(CC)CC(C)(C)O. The molecule has 0 amide bonds. The van der Waals surface area contributed by atoms with Gasteiger partial charge in [-0.25, -0.2) is 0 Å². The fourth-order valence-corrected chi connectivity index (χ4v) is 2.68. The van der Waals surface area contributed by atoms with Crippen LogP contribution in [0.15, 0.2) is 24.3 Å². The first-order valence-electron chi connectivity index (χ1n) is 7.68. The van der Waals surface area contributed by atoms with Gasteiger partial charge in [0, 0.05) is 12.6 Å². The molecule has 3 N–H and O–H groups in total. The van der Waals surface area contributed by atoms with Gasteiger partial charge in [-0.1, -0.05) is 26.0 Å². The van der Waals surface area contributed by atoms with Gasteiger partial charge >= 0.3 is 0 Å². The molecule has 2 unspecified atom stereocenters. The molecule has 0 radical (unpaired) electrons. The van der Waals surface area contributed by atoms with Gasteiger partial charge in [0.2, 0.25) is 0 Å². The quantitative estimate of drug-likeness (QED) is 0.773. The Balaban J connectivity index is 3.13. The molecule has 0 fully saturated rings. The fourth-order valence-electron chi connectivity index (χ4n) is 2.68. The van der Waals surface area contributed by atoms with Crippen LogP contribution in [0.4, 0.5) is 0 Å². The van der Waals surface area contributed by atoms with Gasteiger partial charge in [0.25, 0.3) is 0 Å². The molecule has 0 saturated heterocycles. The van der Waals surface area contributed by atoms with Crippen LogP contribution in [0.1, 0.15) is 45.7 Å². The van der Waals surface area contributed by atoms with Crippen LogP contribution >= 0.6 is 0 Å². The summed E-state index contributed by atoms with van der Waals surface area (Å²) in [6, 6.07) is 8.12. The van der Waals surface area contributed by atoms with Crippen molar-refractivity contribution in [2.24, 2.45) is 5.73 Å². The van der Waals surface area contributed by atoms with E-state index in [1.807, 2.05) is 32.0 Å². The van der Waals surface area contributed by atoms with Crippen molar-refractivity contribution >= 4 is 0 Å². The molecule has 0 spiro atoms. The Kier molecular flexibility index (Phi) is 6.65. The number of ether oxygens (including phenoxy) is 1. The Hall–Kier alpha value is -1.10. The number of nitrogens with two attached hydrogens (primary N) is 1. The minimum atomic E-state index is -0.749. The Bertz CT molecular complexity index is 429. The van der Waals surface area contributed by atoms with Crippen molar-refractivity contribution in [2.75, 3.05) is 20.2 Å². The molecule has 0 aliphatic rings.